The normalized spacial score (nSPS) is 30.2. The van der Waals surface area contributed by atoms with Gasteiger partial charge in [-0.2, -0.15) is 0 Å². The molecule has 1 heterocycles. The van der Waals surface area contributed by atoms with Crippen molar-refractivity contribution in [3.63, 3.8) is 0 Å². The monoisotopic (exact) mass is 192 g/mol. The summed E-state index contributed by atoms with van der Waals surface area (Å²) in [6.07, 6.45) is 6.49. The van der Waals surface area contributed by atoms with E-state index in [2.05, 4.69) is 10.6 Å². The fraction of sp³-hybridized carbons (Fsp3) is 0.400. The lowest BCUT2D eigenvalue weighted by atomic mass is 9.85. The Morgan fingerprint density at radius 2 is 2.21 bits per heavy atom. The van der Waals surface area contributed by atoms with Gasteiger partial charge in [0.05, 0.1) is 12.0 Å². The standard InChI is InChI=1S/C10H12N2O2/c1-2-6-4-3-5-7-8(6)11-10(14)12-9(7)13/h3-5,7-8H,2H2,1H3,(H2,11,12,13,14). The molecule has 0 aromatic rings. The Hall–Kier alpha value is -1.58. The third-order valence-electron chi connectivity index (χ3n) is 2.62. The molecule has 3 amide bonds. The summed E-state index contributed by atoms with van der Waals surface area (Å²) in [5.41, 5.74) is 1.10. The first-order chi connectivity index (χ1) is 6.72. The molecule has 0 aromatic carbocycles. The van der Waals surface area contributed by atoms with Crippen LogP contribution < -0.4 is 10.6 Å². The van der Waals surface area contributed by atoms with E-state index in [1.165, 1.54) is 0 Å². The van der Waals surface area contributed by atoms with Crippen molar-refractivity contribution in [2.45, 2.75) is 19.4 Å². The van der Waals surface area contributed by atoms with Crippen LogP contribution in [0.4, 0.5) is 4.79 Å². The molecule has 1 aliphatic carbocycles. The van der Waals surface area contributed by atoms with Gasteiger partial charge >= 0.3 is 6.03 Å². The Morgan fingerprint density at radius 3 is 2.93 bits per heavy atom. The summed E-state index contributed by atoms with van der Waals surface area (Å²) < 4.78 is 0. The number of urea groups is 1. The van der Waals surface area contributed by atoms with Crippen LogP contribution >= 0.6 is 0 Å². The van der Waals surface area contributed by atoms with Gasteiger partial charge in [-0.25, -0.2) is 4.79 Å². The summed E-state index contributed by atoms with van der Waals surface area (Å²) in [4.78, 5) is 22.5. The molecule has 0 aromatic heterocycles. The SMILES string of the molecule is CCC1=CC=CC2C(=O)NC(=O)NC12. The van der Waals surface area contributed by atoms with E-state index in [-0.39, 0.29) is 17.9 Å². The molecule has 2 aliphatic rings. The van der Waals surface area contributed by atoms with Crippen molar-refractivity contribution < 1.29 is 9.59 Å². The van der Waals surface area contributed by atoms with Crippen molar-refractivity contribution in [1.29, 1.82) is 0 Å². The smallest absolute Gasteiger partial charge is 0.321 e. The van der Waals surface area contributed by atoms with Gasteiger partial charge < -0.3 is 5.32 Å². The summed E-state index contributed by atoms with van der Waals surface area (Å²) in [6.45, 7) is 2.01. The van der Waals surface area contributed by atoms with Gasteiger partial charge in [0.2, 0.25) is 5.91 Å². The van der Waals surface area contributed by atoms with E-state index >= 15 is 0 Å². The molecular weight excluding hydrogens is 180 g/mol. The molecule has 0 saturated carbocycles. The summed E-state index contributed by atoms with van der Waals surface area (Å²) in [5.74, 6) is -0.457. The van der Waals surface area contributed by atoms with Gasteiger partial charge in [-0.15, -0.1) is 0 Å². The topological polar surface area (TPSA) is 58.2 Å². The zero-order chi connectivity index (χ0) is 10.1. The van der Waals surface area contributed by atoms with Crippen molar-refractivity contribution in [2.24, 2.45) is 5.92 Å². The molecule has 74 valence electrons. The molecule has 1 aliphatic heterocycles. The molecule has 0 radical (unpaired) electrons. The highest BCUT2D eigenvalue weighted by Crippen LogP contribution is 2.23. The van der Waals surface area contributed by atoms with E-state index in [1.807, 2.05) is 25.2 Å². The fourth-order valence-corrected chi connectivity index (χ4v) is 1.88. The predicted molar refractivity (Wildman–Crippen MR) is 51.5 cm³/mol. The molecule has 0 bridgehead atoms. The lowest BCUT2D eigenvalue weighted by molar-refractivity contribution is -0.123. The van der Waals surface area contributed by atoms with Gasteiger partial charge in [0.25, 0.3) is 0 Å². The van der Waals surface area contributed by atoms with Crippen LogP contribution in [0.3, 0.4) is 0 Å². The molecular formula is C10H12N2O2. The molecule has 0 spiro atoms. The number of rotatable bonds is 1. The maximum absolute atomic E-state index is 11.5. The molecule has 2 atom stereocenters. The van der Waals surface area contributed by atoms with E-state index in [0.29, 0.717) is 0 Å². The van der Waals surface area contributed by atoms with Crippen LogP contribution in [0.1, 0.15) is 13.3 Å². The minimum absolute atomic E-state index is 0.147. The average Bonchev–Trinajstić information content (AvgIpc) is 2.17. The molecule has 1 saturated heterocycles. The van der Waals surface area contributed by atoms with E-state index in [9.17, 15) is 9.59 Å². The third-order valence-corrected chi connectivity index (χ3v) is 2.62. The second-order valence-corrected chi connectivity index (χ2v) is 3.45. The van der Waals surface area contributed by atoms with Gasteiger partial charge in [-0.1, -0.05) is 25.2 Å². The first-order valence-electron chi connectivity index (χ1n) is 4.71. The van der Waals surface area contributed by atoms with Crippen LogP contribution in [-0.2, 0) is 4.79 Å². The number of amides is 3. The number of carbonyl (C=O) groups excluding carboxylic acids is 2. The minimum atomic E-state index is -0.397. The van der Waals surface area contributed by atoms with Gasteiger partial charge in [0.1, 0.15) is 0 Å². The maximum atomic E-state index is 11.5. The minimum Gasteiger partial charge on any atom is -0.330 e. The number of carbonyl (C=O) groups is 2. The van der Waals surface area contributed by atoms with E-state index in [0.717, 1.165) is 12.0 Å². The zero-order valence-electron chi connectivity index (χ0n) is 7.91. The van der Waals surface area contributed by atoms with Crippen LogP contribution in [0.15, 0.2) is 23.8 Å². The number of imide groups is 1. The third kappa shape index (κ3) is 1.32. The molecule has 2 unspecified atom stereocenters. The first kappa shape index (κ1) is 8.99. The summed E-state index contributed by atoms with van der Waals surface area (Å²) in [5, 5.41) is 5.01. The highest BCUT2D eigenvalue weighted by Gasteiger charge is 2.36. The Bertz CT molecular complexity index is 344. The van der Waals surface area contributed by atoms with Crippen LogP contribution in [0.2, 0.25) is 0 Å². The molecule has 4 heteroatoms. The van der Waals surface area contributed by atoms with E-state index in [4.69, 9.17) is 0 Å². The fourth-order valence-electron chi connectivity index (χ4n) is 1.88. The van der Waals surface area contributed by atoms with Crippen molar-refractivity contribution in [3.05, 3.63) is 23.8 Å². The van der Waals surface area contributed by atoms with Gasteiger partial charge in [0, 0.05) is 0 Å². The largest absolute Gasteiger partial charge is 0.330 e. The quantitative estimate of drug-likeness (QED) is 0.643. The average molecular weight is 192 g/mol. The number of hydrogen-bond acceptors (Lipinski definition) is 2. The van der Waals surface area contributed by atoms with Crippen molar-refractivity contribution in [1.82, 2.24) is 10.6 Å². The lowest BCUT2D eigenvalue weighted by Gasteiger charge is -2.32. The molecule has 14 heavy (non-hydrogen) atoms. The highest BCUT2D eigenvalue weighted by molar-refractivity contribution is 6.00. The maximum Gasteiger partial charge on any atom is 0.321 e. The first-order valence-corrected chi connectivity index (χ1v) is 4.71. The summed E-state index contributed by atoms with van der Waals surface area (Å²) in [7, 11) is 0. The Morgan fingerprint density at radius 1 is 1.43 bits per heavy atom. The number of nitrogens with one attached hydrogen (secondary N) is 2. The summed E-state index contributed by atoms with van der Waals surface area (Å²) >= 11 is 0. The number of fused-ring (bicyclic) bond motifs is 1. The molecule has 1 fully saturated rings. The predicted octanol–water partition coefficient (Wildman–Crippen LogP) is 0.717. The highest BCUT2D eigenvalue weighted by atomic mass is 16.2. The van der Waals surface area contributed by atoms with Crippen LogP contribution in [0.5, 0.6) is 0 Å². The molecule has 2 rings (SSSR count). The van der Waals surface area contributed by atoms with Crippen molar-refractivity contribution in [3.8, 4) is 0 Å². The molecule has 2 N–H and O–H groups in total. The van der Waals surface area contributed by atoms with Gasteiger partial charge in [-0.05, 0) is 12.0 Å². The Labute approximate surface area is 82.1 Å². The van der Waals surface area contributed by atoms with Crippen LogP contribution in [-0.4, -0.2) is 18.0 Å². The second-order valence-electron chi connectivity index (χ2n) is 3.45. The second kappa shape index (κ2) is 3.29. The van der Waals surface area contributed by atoms with Crippen LogP contribution in [0.25, 0.3) is 0 Å². The van der Waals surface area contributed by atoms with E-state index in [1.54, 1.807) is 0 Å². The Kier molecular flexibility index (Phi) is 2.11. The van der Waals surface area contributed by atoms with Crippen molar-refractivity contribution >= 4 is 11.9 Å². The lowest BCUT2D eigenvalue weighted by Crippen LogP contribution is -2.58. The van der Waals surface area contributed by atoms with Gasteiger partial charge in [0.15, 0.2) is 0 Å². The van der Waals surface area contributed by atoms with E-state index < -0.39 is 6.03 Å². The molecule has 4 nitrogen and oxygen atoms in total. The number of allylic oxidation sites excluding steroid dienone is 2. The zero-order valence-corrected chi connectivity index (χ0v) is 7.91. The van der Waals surface area contributed by atoms with Crippen LogP contribution in [0, 0.1) is 5.92 Å². The Balaban J connectivity index is 2.29. The number of hydrogen-bond donors (Lipinski definition) is 2. The summed E-state index contributed by atoms with van der Waals surface area (Å²) in [6, 6.07) is -0.544. The van der Waals surface area contributed by atoms with Gasteiger partial charge in [-0.3, -0.25) is 10.1 Å². The van der Waals surface area contributed by atoms with Crippen molar-refractivity contribution in [2.75, 3.05) is 0 Å².